The highest BCUT2D eigenvalue weighted by Crippen LogP contribution is 2.57. The van der Waals surface area contributed by atoms with E-state index in [-0.39, 0.29) is 0 Å². The summed E-state index contributed by atoms with van der Waals surface area (Å²) >= 11 is 0. The highest BCUT2D eigenvalue weighted by atomic mass is 16.6. The Labute approximate surface area is 146 Å². The number of hydrogen-bond donors (Lipinski definition) is 1. The summed E-state index contributed by atoms with van der Waals surface area (Å²) in [7, 11) is 0. The van der Waals surface area contributed by atoms with Crippen molar-refractivity contribution in [1.82, 2.24) is 4.90 Å². The third kappa shape index (κ3) is 4.97. The van der Waals surface area contributed by atoms with Crippen LogP contribution >= 0.6 is 0 Å². The van der Waals surface area contributed by atoms with E-state index in [4.69, 9.17) is 5.73 Å². The van der Waals surface area contributed by atoms with Crippen molar-refractivity contribution in [2.24, 2.45) is 17.1 Å². The summed E-state index contributed by atoms with van der Waals surface area (Å²) < 4.78 is 4.58. The maximum absolute atomic E-state index is 10.0. The number of likely N-dealkylation sites (tertiary alicyclic amines) is 1. The minimum Gasteiger partial charge on any atom is -0.444 e. The van der Waals surface area contributed by atoms with Crippen LogP contribution in [0.4, 0.5) is 4.79 Å². The third-order valence-electron chi connectivity index (χ3n) is 5.20. The number of nitrogens with two attached hydrogens (primary N) is 1. The largest absolute Gasteiger partial charge is 0.444 e. The standard InChI is InChI=1S/C15H21N.C5H11NO2/c1-12-10-16(11-15(12)8-9-15)13(2)14-6-4-3-5-7-14;1-5(2,3)8-4(6)7/h3-7,12-13H,8-11H2,1-2H3;1-3H3,(H2,6,7). The average Bonchev–Trinajstić information content (AvgIpc) is 3.18. The fourth-order valence-corrected chi connectivity index (χ4v) is 3.52. The Morgan fingerprint density at radius 1 is 1.29 bits per heavy atom. The molecule has 1 aliphatic carbocycles. The first kappa shape index (κ1) is 18.8. The van der Waals surface area contributed by atoms with Crippen molar-refractivity contribution >= 4 is 6.09 Å². The molecule has 2 fully saturated rings. The van der Waals surface area contributed by atoms with Crippen LogP contribution in [0, 0.1) is 11.3 Å². The van der Waals surface area contributed by atoms with Crippen molar-refractivity contribution in [2.75, 3.05) is 13.1 Å². The van der Waals surface area contributed by atoms with E-state index in [9.17, 15) is 4.79 Å². The zero-order valence-corrected chi connectivity index (χ0v) is 15.7. The van der Waals surface area contributed by atoms with Crippen molar-refractivity contribution in [3.05, 3.63) is 35.9 Å². The summed E-state index contributed by atoms with van der Waals surface area (Å²) in [4.78, 5) is 12.7. The summed E-state index contributed by atoms with van der Waals surface area (Å²) in [6.07, 6.45) is 2.20. The first-order chi connectivity index (χ1) is 11.1. The van der Waals surface area contributed by atoms with Crippen LogP contribution in [-0.4, -0.2) is 29.7 Å². The van der Waals surface area contributed by atoms with Crippen molar-refractivity contribution in [2.45, 2.75) is 59.1 Å². The second kappa shape index (κ2) is 7.14. The third-order valence-corrected chi connectivity index (χ3v) is 5.20. The molecule has 1 saturated carbocycles. The van der Waals surface area contributed by atoms with E-state index >= 15 is 0 Å². The molecule has 24 heavy (non-hydrogen) atoms. The SMILES string of the molecule is CC(C)(C)OC(N)=O.CC(c1ccccc1)N1CC(C)C2(CC2)C1. The van der Waals surface area contributed by atoms with Crippen LogP contribution in [-0.2, 0) is 4.74 Å². The fraction of sp³-hybridized carbons (Fsp3) is 0.650. The predicted octanol–water partition coefficient (Wildman–Crippen LogP) is 4.36. The van der Waals surface area contributed by atoms with Gasteiger partial charge in [0.2, 0.25) is 0 Å². The monoisotopic (exact) mass is 332 g/mol. The summed E-state index contributed by atoms with van der Waals surface area (Å²) in [5.74, 6) is 0.902. The summed E-state index contributed by atoms with van der Waals surface area (Å²) in [6.45, 7) is 12.7. The molecule has 0 aromatic heterocycles. The van der Waals surface area contributed by atoms with Gasteiger partial charge in [0.25, 0.3) is 0 Å². The number of rotatable bonds is 2. The zero-order chi connectivity index (χ0) is 18.0. The van der Waals surface area contributed by atoms with Crippen molar-refractivity contribution in [1.29, 1.82) is 0 Å². The summed E-state index contributed by atoms with van der Waals surface area (Å²) in [5, 5.41) is 0. The molecule has 1 spiro atoms. The zero-order valence-electron chi connectivity index (χ0n) is 15.7. The van der Waals surface area contributed by atoms with Gasteiger partial charge in [-0.2, -0.15) is 0 Å². The molecule has 2 unspecified atom stereocenters. The lowest BCUT2D eigenvalue weighted by Gasteiger charge is -2.24. The van der Waals surface area contributed by atoms with Crippen molar-refractivity contribution < 1.29 is 9.53 Å². The number of ether oxygens (including phenoxy) is 1. The van der Waals surface area contributed by atoms with Gasteiger partial charge in [-0.05, 0) is 57.4 Å². The van der Waals surface area contributed by atoms with E-state index in [1.54, 1.807) is 20.8 Å². The minimum absolute atomic E-state index is 0.453. The van der Waals surface area contributed by atoms with Crippen molar-refractivity contribution in [3.63, 3.8) is 0 Å². The number of carbonyl (C=O) groups excluding carboxylic acids is 1. The first-order valence-corrected chi connectivity index (χ1v) is 8.90. The van der Waals surface area contributed by atoms with Crippen LogP contribution in [0.25, 0.3) is 0 Å². The molecule has 134 valence electrons. The van der Waals surface area contributed by atoms with Gasteiger partial charge in [-0.3, -0.25) is 4.90 Å². The highest BCUT2D eigenvalue weighted by molar-refractivity contribution is 5.65. The Hall–Kier alpha value is -1.55. The molecule has 4 heteroatoms. The molecule has 4 nitrogen and oxygen atoms in total. The molecule has 2 aliphatic rings. The Balaban J connectivity index is 0.000000224. The second-order valence-electron chi connectivity index (χ2n) is 8.31. The van der Waals surface area contributed by atoms with Gasteiger partial charge in [-0.25, -0.2) is 4.79 Å². The van der Waals surface area contributed by atoms with E-state index in [1.807, 2.05) is 0 Å². The van der Waals surface area contributed by atoms with E-state index in [0.717, 1.165) is 5.92 Å². The first-order valence-electron chi connectivity index (χ1n) is 8.90. The van der Waals surface area contributed by atoms with Gasteiger partial charge in [-0.15, -0.1) is 0 Å². The van der Waals surface area contributed by atoms with Gasteiger partial charge >= 0.3 is 6.09 Å². The topological polar surface area (TPSA) is 55.6 Å². The Morgan fingerprint density at radius 3 is 2.25 bits per heavy atom. The molecule has 0 bridgehead atoms. The minimum atomic E-state index is -0.725. The van der Waals surface area contributed by atoms with E-state index in [1.165, 1.54) is 31.5 Å². The van der Waals surface area contributed by atoms with Gasteiger partial charge in [0.1, 0.15) is 5.60 Å². The smallest absolute Gasteiger partial charge is 0.405 e. The van der Waals surface area contributed by atoms with Gasteiger partial charge in [0.15, 0.2) is 0 Å². The normalized spacial score (nSPS) is 23.3. The number of primary amides is 1. The Morgan fingerprint density at radius 2 is 1.88 bits per heavy atom. The molecule has 1 aromatic carbocycles. The Bertz CT molecular complexity index is 547. The fourth-order valence-electron chi connectivity index (χ4n) is 3.52. The molecule has 1 aromatic rings. The molecule has 1 amide bonds. The number of amides is 1. The van der Waals surface area contributed by atoms with E-state index in [2.05, 4.69) is 53.8 Å². The molecule has 1 heterocycles. The number of hydrogen-bond acceptors (Lipinski definition) is 3. The molecule has 2 atom stereocenters. The number of nitrogens with zero attached hydrogens (tertiary/aromatic N) is 1. The van der Waals surface area contributed by atoms with Crippen LogP contribution in [0.2, 0.25) is 0 Å². The van der Waals surface area contributed by atoms with Gasteiger partial charge in [0, 0.05) is 19.1 Å². The van der Waals surface area contributed by atoms with Crippen LogP contribution in [0.3, 0.4) is 0 Å². The molecule has 0 radical (unpaired) electrons. The van der Waals surface area contributed by atoms with Gasteiger partial charge < -0.3 is 10.5 Å². The molecule has 2 N–H and O–H groups in total. The van der Waals surface area contributed by atoms with Gasteiger partial charge in [0.05, 0.1) is 0 Å². The number of benzene rings is 1. The maximum Gasteiger partial charge on any atom is 0.405 e. The molecule has 1 aliphatic heterocycles. The van der Waals surface area contributed by atoms with Crippen LogP contribution < -0.4 is 5.73 Å². The van der Waals surface area contributed by atoms with E-state index < -0.39 is 11.7 Å². The lowest BCUT2D eigenvalue weighted by Crippen LogP contribution is -2.27. The van der Waals surface area contributed by atoms with Gasteiger partial charge in [-0.1, -0.05) is 37.3 Å². The highest BCUT2D eigenvalue weighted by Gasteiger charge is 2.53. The quantitative estimate of drug-likeness (QED) is 0.875. The van der Waals surface area contributed by atoms with Crippen molar-refractivity contribution in [3.8, 4) is 0 Å². The van der Waals surface area contributed by atoms with Crippen LogP contribution in [0.15, 0.2) is 30.3 Å². The lowest BCUT2D eigenvalue weighted by molar-refractivity contribution is 0.0600. The summed E-state index contributed by atoms with van der Waals surface area (Å²) in [5.41, 5.74) is 6.44. The molecular formula is C20H32N2O2. The molecular weight excluding hydrogens is 300 g/mol. The maximum atomic E-state index is 10.0. The average molecular weight is 332 g/mol. The molecule has 1 saturated heterocycles. The van der Waals surface area contributed by atoms with Crippen LogP contribution in [0.1, 0.15) is 59.1 Å². The molecule has 3 rings (SSSR count). The van der Waals surface area contributed by atoms with Crippen LogP contribution in [0.5, 0.6) is 0 Å². The lowest BCUT2D eigenvalue weighted by atomic mass is 9.95. The summed E-state index contributed by atoms with van der Waals surface area (Å²) in [6, 6.07) is 11.5. The second-order valence-corrected chi connectivity index (χ2v) is 8.31. The number of carbonyl (C=O) groups is 1. The Kier molecular flexibility index (Phi) is 5.59. The van der Waals surface area contributed by atoms with E-state index in [0.29, 0.717) is 11.5 Å². The predicted molar refractivity (Wildman–Crippen MR) is 97.7 cm³/mol.